The average molecular weight is 273 g/mol. The van der Waals surface area contributed by atoms with E-state index in [1.807, 2.05) is 11.8 Å². The number of likely N-dealkylation sites (N-methyl/N-ethyl adjacent to an activating group) is 1. The molecule has 0 radical (unpaired) electrons. The molecule has 1 N–H and O–H groups in total. The zero-order chi connectivity index (χ0) is 14.5. The van der Waals surface area contributed by atoms with Crippen molar-refractivity contribution in [3.8, 4) is 11.8 Å². The van der Waals surface area contributed by atoms with Gasteiger partial charge < -0.3 is 15.0 Å². The Hall–Kier alpha value is -2.22. The van der Waals surface area contributed by atoms with Crippen LogP contribution in [0.4, 0.5) is 5.69 Å². The van der Waals surface area contributed by atoms with Crippen molar-refractivity contribution >= 4 is 11.6 Å². The average Bonchev–Trinajstić information content (AvgIpc) is 3.30. The molecule has 2 rings (SSSR count). The third-order valence-corrected chi connectivity index (χ3v) is 3.41. The lowest BCUT2D eigenvalue weighted by Gasteiger charge is -2.21. The Bertz CT molecular complexity index is 532. The van der Waals surface area contributed by atoms with E-state index in [-0.39, 0.29) is 12.5 Å². The highest BCUT2D eigenvalue weighted by Crippen LogP contribution is 2.27. The molecule has 0 aliphatic heterocycles. The summed E-state index contributed by atoms with van der Waals surface area (Å²) >= 11 is 0. The number of nitrogens with zero attached hydrogens (tertiary/aromatic N) is 2. The number of nitrogens with one attached hydrogen (secondary N) is 1. The summed E-state index contributed by atoms with van der Waals surface area (Å²) in [5.41, 5.74) is 1.26. The number of methoxy groups -OCH3 is 1. The summed E-state index contributed by atoms with van der Waals surface area (Å²) in [6, 6.07) is 7.61. The van der Waals surface area contributed by atoms with Crippen LogP contribution in [0.3, 0.4) is 0 Å². The Kier molecular flexibility index (Phi) is 4.46. The van der Waals surface area contributed by atoms with E-state index in [0.29, 0.717) is 17.4 Å². The fourth-order valence-electron chi connectivity index (χ4n) is 2.20. The summed E-state index contributed by atoms with van der Waals surface area (Å²) in [5, 5.41) is 11.9. The van der Waals surface area contributed by atoms with Gasteiger partial charge >= 0.3 is 0 Å². The van der Waals surface area contributed by atoms with Gasteiger partial charge in [-0.05, 0) is 31.9 Å². The predicted octanol–water partition coefficient (Wildman–Crippen LogP) is 1.99. The molecule has 1 aromatic carbocycles. The van der Waals surface area contributed by atoms with Crippen molar-refractivity contribution in [2.24, 2.45) is 0 Å². The Morgan fingerprint density at radius 1 is 1.55 bits per heavy atom. The number of carbonyl (C=O) groups excluding carboxylic acids is 1. The molecular weight excluding hydrogens is 254 g/mol. The van der Waals surface area contributed by atoms with Crippen molar-refractivity contribution in [2.45, 2.75) is 25.8 Å². The third kappa shape index (κ3) is 3.21. The van der Waals surface area contributed by atoms with Crippen molar-refractivity contribution in [1.82, 2.24) is 4.90 Å². The highest BCUT2D eigenvalue weighted by molar-refractivity contribution is 5.82. The van der Waals surface area contributed by atoms with Crippen LogP contribution < -0.4 is 10.1 Å². The molecule has 0 aromatic heterocycles. The molecule has 1 amide bonds. The first-order valence-electron chi connectivity index (χ1n) is 6.81. The van der Waals surface area contributed by atoms with Crippen LogP contribution in [0.2, 0.25) is 0 Å². The van der Waals surface area contributed by atoms with Crippen LogP contribution >= 0.6 is 0 Å². The minimum atomic E-state index is 0.0985. The Morgan fingerprint density at radius 2 is 2.30 bits per heavy atom. The normalized spacial score (nSPS) is 13.4. The summed E-state index contributed by atoms with van der Waals surface area (Å²) < 4.78 is 5.23. The van der Waals surface area contributed by atoms with Gasteiger partial charge in [-0.1, -0.05) is 0 Å². The lowest BCUT2D eigenvalue weighted by molar-refractivity contribution is -0.129. The van der Waals surface area contributed by atoms with E-state index in [9.17, 15) is 4.79 Å². The molecule has 0 heterocycles. The van der Waals surface area contributed by atoms with E-state index in [1.54, 1.807) is 25.3 Å². The van der Waals surface area contributed by atoms with E-state index < -0.39 is 0 Å². The molecule has 106 valence electrons. The number of hydrogen-bond donors (Lipinski definition) is 1. The number of ether oxygens (including phenoxy) is 1. The standard InChI is InChI=1S/C15H19N3O2/c1-3-18(12-5-6-12)15(19)10-17-13-7-4-11(9-16)8-14(13)20-2/h4,7-8,12,17H,3,5-6,10H2,1-2H3. The summed E-state index contributed by atoms with van der Waals surface area (Å²) in [6.07, 6.45) is 2.22. The fourth-order valence-corrected chi connectivity index (χ4v) is 2.20. The number of carbonyl (C=O) groups is 1. The molecule has 0 bridgehead atoms. The lowest BCUT2D eigenvalue weighted by Crippen LogP contribution is -2.37. The predicted molar refractivity (Wildman–Crippen MR) is 76.6 cm³/mol. The smallest absolute Gasteiger partial charge is 0.242 e. The number of nitriles is 1. The molecule has 1 aromatic rings. The first-order valence-corrected chi connectivity index (χ1v) is 6.81. The van der Waals surface area contributed by atoms with Crippen molar-refractivity contribution in [3.05, 3.63) is 23.8 Å². The molecule has 0 spiro atoms. The molecule has 1 aliphatic carbocycles. The summed E-state index contributed by atoms with van der Waals surface area (Å²) in [6.45, 7) is 2.99. The van der Waals surface area contributed by atoms with Gasteiger partial charge in [0.25, 0.3) is 0 Å². The van der Waals surface area contributed by atoms with Gasteiger partial charge in [0.2, 0.25) is 5.91 Å². The number of anilines is 1. The molecule has 1 fully saturated rings. The van der Waals surface area contributed by atoms with E-state index in [4.69, 9.17) is 10.00 Å². The maximum absolute atomic E-state index is 12.1. The molecule has 20 heavy (non-hydrogen) atoms. The SMILES string of the molecule is CCN(C(=O)CNc1ccc(C#N)cc1OC)C1CC1. The lowest BCUT2D eigenvalue weighted by atomic mass is 10.2. The molecule has 0 atom stereocenters. The highest BCUT2D eigenvalue weighted by Gasteiger charge is 2.30. The van der Waals surface area contributed by atoms with Gasteiger partial charge in [-0.3, -0.25) is 4.79 Å². The zero-order valence-corrected chi connectivity index (χ0v) is 11.8. The largest absolute Gasteiger partial charge is 0.495 e. The van der Waals surface area contributed by atoms with E-state index in [1.165, 1.54) is 0 Å². The minimum absolute atomic E-state index is 0.0985. The summed E-state index contributed by atoms with van der Waals surface area (Å²) in [4.78, 5) is 14.0. The number of amides is 1. The van der Waals surface area contributed by atoms with Crippen molar-refractivity contribution in [1.29, 1.82) is 5.26 Å². The third-order valence-electron chi connectivity index (χ3n) is 3.41. The van der Waals surface area contributed by atoms with Crippen molar-refractivity contribution in [2.75, 3.05) is 25.5 Å². The van der Waals surface area contributed by atoms with Gasteiger partial charge in [0, 0.05) is 18.7 Å². The summed E-state index contributed by atoms with van der Waals surface area (Å²) in [7, 11) is 1.55. The monoisotopic (exact) mass is 273 g/mol. The van der Waals surface area contributed by atoms with E-state index >= 15 is 0 Å². The number of hydrogen-bond acceptors (Lipinski definition) is 4. The molecule has 0 saturated heterocycles. The Balaban J connectivity index is 1.99. The maximum atomic E-state index is 12.1. The number of benzene rings is 1. The Labute approximate surface area is 119 Å². The van der Waals surface area contributed by atoms with E-state index in [2.05, 4.69) is 11.4 Å². The first kappa shape index (κ1) is 14.2. The maximum Gasteiger partial charge on any atom is 0.242 e. The zero-order valence-electron chi connectivity index (χ0n) is 11.8. The second-order valence-corrected chi connectivity index (χ2v) is 4.79. The molecule has 5 heteroatoms. The van der Waals surface area contributed by atoms with Gasteiger partial charge in [-0.25, -0.2) is 0 Å². The summed E-state index contributed by atoms with van der Waals surface area (Å²) in [5.74, 6) is 0.674. The molecular formula is C15H19N3O2. The first-order chi connectivity index (χ1) is 9.69. The van der Waals surface area contributed by atoms with Crippen LogP contribution in [0.5, 0.6) is 5.75 Å². The topological polar surface area (TPSA) is 65.4 Å². The molecule has 0 unspecified atom stereocenters. The van der Waals surface area contributed by atoms with Crippen LogP contribution in [0.1, 0.15) is 25.3 Å². The second kappa shape index (κ2) is 6.29. The van der Waals surface area contributed by atoms with Crippen LogP contribution in [0.25, 0.3) is 0 Å². The molecule has 1 saturated carbocycles. The van der Waals surface area contributed by atoms with Gasteiger partial charge in [-0.2, -0.15) is 5.26 Å². The van der Waals surface area contributed by atoms with Crippen LogP contribution in [0.15, 0.2) is 18.2 Å². The molecule has 5 nitrogen and oxygen atoms in total. The van der Waals surface area contributed by atoms with Gasteiger partial charge in [-0.15, -0.1) is 0 Å². The van der Waals surface area contributed by atoms with E-state index in [0.717, 1.165) is 25.1 Å². The van der Waals surface area contributed by atoms with Crippen molar-refractivity contribution < 1.29 is 9.53 Å². The van der Waals surface area contributed by atoms with Crippen molar-refractivity contribution in [3.63, 3.8) is 0 Å². The number of rotatable bonds is 6. The minimum Gasteiger partial charge on any atom is -0.495 e. The fraction of sp³-hybridized carbons (Fsp3) is 0.467. The van der Waals surface area contributed by atoms with Crippen LogP contribution in [-0.2, 0) is 4.79 Å². The highest BCUT2D eigenvalue weighted by atomic mass is 16.5. The van der Waals surface area contributed by atoms with Crippen LogP contribution in [0, 0.1) is 11.3 Å². The van der Waals surface area contributed by atoms with Gasteiger partial charge in [0.15, 0.2) is 0 Å². The molecule has 1 aliphatic rings. The second-order valence-electron chi connectivity index (χ2n) is 4.79. The Morgan fingerprint density at radius 3 is 2.85 bits per heavy atom. The van der Waals surface area contributed by atoms with Gasteiger partial charge in [0.05, 0.1) is 31.0 Å². The quantitative estimate of drug-likeness (QED) is 0.861. The van der Waals surface area contributed by atoms with Crippen LogP contribution in [-0.4, -0.2) is 37.0 Å². The van der Waals surface area contributed by atoms with Gasteiger partial charge in [0.1, 0.15) is 5.75 Å².